The van der Waals surface area contributed by atoms with E-state index in [1.807, 2.05) is 47.2 Å². The summed E-state index contributed by atoms with van der Waals surface area (Å²) in [6.07, 6.45) is 3.52. The van der Waals surface area contributed by atoms with Crippen LogP contribution in [0, 0.1) is 5.41 Å². The van der Waals surface area contributed by atoms with E-state index in [0.717, 1.165) is 22.3 Å². The summed E-state index contributed by atoms with van der Waals surface area (Å²) in [6.45, 7) is 6.64. The van der Waals surface area contributed by atoms with E-state index in [2.05, 4.69) is 20.8 Å². The molecule has 0 bridgehead atoms. The maximum absolute atomic E-state index is 11.8. The number of nitrogens with zero attached hydrogens (tertiary/aromatic N) is 2. The van der Waals surface area contributed by atoms with Gasteiger partial charge in [-0.25, -0.2) is 13.2 Å². The summed E-state index contributed by atoms with van der Waals surface area (Å²) in [5, 5.41) is 10.4. The standard InChI is InChI=1S/C25H30N2O5S/c1-25(2,3)23-16-20(12-14-27(23)24(28)29)32-19-7-5-18(6-8-19)26-13-11-17-15-21(33(4,30)31)9-10-22(17)26/h5-11,13,15,20,23H,12,14,16H2,1-4H3,(H,28,29). The minimum atomic E-state index is -3.25. The Labute approximate surface area is 194 Å². The van der Waals surface area contributed by atoms with Gasteiger partial charge in [0.2, 0.25) is 0 Å². The Morgan fingerprint density at radius 3 is 2.39 bits per heavy atom. The van der Waals surface area contributed by atoms with E-state index in [-0.39, 0.29) is 17.6 Å². The largest absolute Gasteiger partial charge is 0.490 e. The normalized spacial score (nSPS) is 19.6. The fourth-order valence-electron chi connectivity index (χ4n) is 4.54. The van der Waals surface area contributed by atoms with Crippen molar-refractivity contribution in [2.45, 2.75) is 50.7 Å². The lowest BCUT2D eigenvalue weighted by molar-refractivity contribution is 0.0130. The van der Waals surface area contributed by atoms with Crippen LogP contribution in [0.1, 0.15) is 33.6 Å². The second-order valence-electron chi connectivity index (χ2n) is 9.79. The zero-order valence-corrected chi connectivity index (χ0v) is 20.2. The maximum Gasteiger partial charge on any atom is 0.407 e. The fourth-order valence-corrected chi connectivity index (χ4v) is 5.20. The molecule has 2 aromatic carbocycles. The van der Waals surface area contributed by atoms with E-state index in [4.69, 9.17) is 4.74 Å². The first-order chi connectivity index (χ1) is 15.4. The molecule has 7 nitrogen and oxygen atoms in total. The van der Waals surface area contributed by atoms with Crippen molar-refractivity contribution < 1.29 is 23.1 Å². The van der Waals surface area contributed by atoms with Crippen LogP contribution in [0.3, 0.4) is 0 Å². The molecule has 0 saturated carbocycles. The number of ether oxygens (including phenoxy) is 1. The molecule has 33 heavy (non-hydrogen) atoms. The number of piperidine rings is 1. The van der Waals surface area contributed by atoms with Gasteiger partial charge >= 0.3 is 6.09 Å². The van der Waals surface area contributed by atoms with Crippen molar-refractivity contribution in [2.75, 3.05) is 12.8 Å². The zero-order chi connectivity index (χ0) is 24.0. The van der Waals surface area contributed by atoms with E-state index >= 15 is 0 Å². The number of carboxylic acid groups (broad SMARTS) is 1. The van der Waals surface area contributed by atoms with Crippen molar-refractivity contribution in [2.24, 2.45) is 5.41 Å². The monoisotopic (exact) mass is 470 g/mol. The summed E-state index contributed by atoms with van der Waals surface area (Å²) in [5.41, 5.74) is 1.69. The van der Waals surface area contributed by atoms with Crippen LogP contribution in [0.4, 0.5) is 4.79 Å². The molecule has 1 aliphatic heterocycles. The van der Waals surface area contributed by atoms with Crippen molar-refractivity contribution in [1.29, 1.82) is 0 Å². The van der Waals surface area contributed by atoms with E-state index in [1.54, 1.807) is 12.1 Å². The average Bonchev–Trinajstić information content (AvgIpc) is 3.16. The lowest BCUT2D eigenvalue weighted by Gasteiger charge is -2.44. The smallest absolute Gasteiger partial charge is 0.407 e. The van der Waals surface area contributed by atoms with Crippen LogP contribution in [0.15, 0.2) is 59.6 Å². The molecule has 0 spiro atoms. The Morgan fingerprint density at radius 1 is 1.09 bits per heavy atom. The quantitative estimate of drug-likeness (QED) is 0.582. The number of likely N-dealkylation sites (tertiary alicyclic amines) is 1. The van der Waals surface area contributed by atoms with Crippen LogP contribution in [-0.2, 0) is 9.84 Å². The van der Waals surface area contributed by atoms with Crippen LogP contribution in [-0.4, -0.2) is 54.0 Å². The highest BCUT2D eigenvalue weighted by atomic mass is 32.2. The first kappa shape index (κ1) is 23.2. The molecule has 2 atom stereocenters. The number of sulfone groups is 1. The second-order valence-corrected chi connectivity index (χ2v) is 11.8. The lowest BCUT2D eigenvalue weighted by atomic mass is 9.80. The molecule has 2 unspecified atom stereocenters. The summed E-state index contributed by atoms with van der Waals surface area (Å²) in [5.74, 6) is 0.746. The predicted molar refractivity (Wildman–Crippen MR) is 128 cm³/mol. The Balaban J connectivity index is 1.51. The van der Waals surface area contributed by atoms with Gasteiger partial charge < -0.3 is 19.3 Å². The first-order valence-electron chi connectivity index (χ1n) is 11.0. The van der Waals surface area contributed by atoms with Gasteiger partial charge in [-0.15, -0.1) is 0 Å². The van der Waals surface area contributed by atoms with Gasteiger partial charge in [-0.2, -0.15) is 0 Å². The van der Waals surface area contributed by atoms with Gasteiger partial charge in [0.25, 0.3) is 0 Å². The Morgan fingerprint density at radius 2 is 1.79 bits per heavy atom. The minimum Gasteiger partial charge on any atom is -0.490 e. The topological polar surface area (TPSA) is 88.8 Å². The SMILES string of the molecule is CC(C)(C)C1CC(Oc2ccc(-n3ccc4cc(S(C)(=O)=O)ccc43)cc2)CCN1C(=O)O. The summed E-state index contributed by atoms with van der Waals surface area (Å²) in [4.78, 5) is 13.5. The van der Waals surface area contributed by atoms with E-state index in [9.17, 15) is 18.3 Å². The van der Waals surface area contributed by atoms with Crippen LogP contribution in [0.5, 0.6) is 5.75 Å². The first-order valence-corrected chi connectivity index (χ1v) is 12.9. The highest BCUT2D eigenvalue weighted by molar-refractivity contribution is 7.90. The number of carbonyl (C=O) groups is 1. The summed E-state index contributed by atoms with van der Waals surface area (Å²) in [7, 11) is -3.25. The van der Waals surface area contributed by atoms with E-state index < -0.39 is 15.9 Å². The lowest BCUT2D eigenvalue weighted by Crippen LogP contribution is -2.53. The third-order valence-electron chi connectivity index (χ3n) is 6.31. The van der Waals surface area contributed by atoms with Crippen molar-refractivity contribution in [3.8, 4) is 11.4 Å². The summed E-state index contributed by atoms with van der Waals surface area (Å²) >= 11 is 0. The van der Waals surface area contributed by atoms with Crippen LogP contribution in [0.2, 0.25) is 0 Å². The molecule has 1 fully saturated rings. The number of aromatic nitrogens is 1. The Kier molecular flexibility index (Phi) is 5.90. The van der Waals surface area contributed by atoms with Gasteiger partial charge in [0, 0.05) is 49.0 Å². The number of benzene rings is 2. The average molecular weight is 471 g/mol. The predicted octanol–water partition coefficient (Wildman–Crippen LogP) is 4.97. The molecule has 1 amide bonds. The van der Waals surface area contributed by atoms with Crippen molar-refractivity contribution in [3.05, 3.63) is 54.7 Å². The molecule has 2 heterocycles. The molecule has 8 heteroatoms. The Hall–Kier alpha value is -3.00. The van der Waals surface area contributed by atoms with Crippen molar-refractivity contribution in [1.82, 2.24) is 9.47 Å². The summed E-state index contributed by atoms with van der Waals surface area (Å²) < 4.78 is 31.9. The molecule has 0 aliphatic carbocycles. The van der Waals surface area contributed by atoms with Gasteiger partial charge in [-0.3, -0.25) is 0 Å². The van der Waals surface area contributed by atoms with Crippen molar-refractivity contribution >= 4 is 26.8 Å². The zero-order valence-electron chi connectivity index (χ0n) is 19.4. The molecule has 1 N–H and O–H groups in total. The van der Waals surface area contributed by atoms with Gasteiger partial charge in [-0.05, 0) is 53.9 Å². The highest BCUT2D eigenvalue weighted by Crippen LogP contribution is 2.34. The van der Waals surface area contributed by atoms with Gasteiger partial charge in [-0.1, -0.05) is 20.8 Å². The molecular formula is C25H30N2O5S. The fraction of sp³-hybridized carbons (Fsp3) is 0.400. The molecule has 1 aromatic heterocycles. The van der Waals surface area contributed by atoms with Crippen molar-refractivity contribution in [3.63, 3.8) is 0 Å². The van der Waals surface area contributed by atoms with E-state index in [1.165, 1.54) is 11.2 Å². The van der Waals surface area contributed by atoms with E-state index in [0.29, 0.717) is 24.3 Å². The molecule has 3 aromatic rings. The molecular weight excluding hydrogens is 440 g/mol. The minimum absolute atomic E-state index is 0.0440. The van der Waals surface area contributed by atoms with Crippen LogP contribution < -0.4 is 4.74 Å². The van der Waals surface area contributed by atoms with Crippen LogP contribution >= 0.6 is 0 Å². The molecule has 1 saturated heterocycles. The van der Waals surface area contributed by atoms with Crippen LogP contribution in [0.25, 0.3) is 16.6 Å². The van der Waals surface area contributed by atoms with Gasteiger partial charge in [0.1, 0.15) is 11.9 Å². The number of amides is 1. The van der Waals surface area contributed by atoms with Gasteiger partial charge in [0.05, 0.1) is 10.4 Å². The molecule has 1 aliphatic rings. The summed E-state index contributed by atoms with van der Waals surface area (Å²) in [6, 6.07) is 14.7. The molecule has 0 radical (unpaired) electrons. The number of hydrogen-bond acceptors (Lipinski definition) is 4. The number of rotatable bonds is 4. The highest BCUT2D eigenvalue weighted by Gasteiger charge is 2.39. The Bertz CT molecular complexity index is 1270. The molecule has 176 valence electrons. The third-order valence-corrected chi connectivity index (χ3v) is 7.42. The maximum atomic E-state index is 11.8. The second kappa shape index (κ2) is 8.41. The van der Waals surface area contributed by atoms with Gasteiger partial charge in [0.15, 0.2) is 9.84 Å². The number of fused-ring (bicyclic) bond motifs is 1. The third kappa shape index (κ3) is 4.85. The number of hydrogen-bond donors (Lipinski definition) is 1. The molecule has 4 rings (SSSR count).